The number of carbonyl (C=O) groups excluding carboxylic acids is 1. The van der Waals surface area contributed by atoms with Crippen LogP contribution in [-0.2, 0) is 6.61 Å². The molecule has 1 atom stereocenters. The number of benzene rings is 3. The topological polar surface area (TPSA) is 26.3 Å². The lowest BCUT2D eigenvalue weighted by atomic mass is 9.92. The van der Waals surface area contributed by atoms with Gasteiger partial charge in [-0.05, 0) is 35.4 Å². The Morgan fingerprint density at radius 3 is 2.04 bits per heavy atom. The van der Waals surface area contributed by atoms with Crippen molar-refractivity contribution < 1.29 is 9.53 Å². The second kappa shape index (κ2) is 7.60. The third-order valence-electron chi connectivity index (χ3n) is 4.08. The monoisotopic (exact) mass is 316 g/mol. The molecule has 0 fully saturated rings. The van der Waals surface area contributed by atoms with Gasteiger partial charge in [-0.15, -0.1) is 0 Å². The largest absolute Gasteiger partial charge is 0.489 e. The van der Waals surface area contributed by atoms with E-state index in [-0.39, 0.29) is 11.7 Å². The van der Waals surface area contributed by atoms with Crippen molar-refractivity contribution in [3.05, 3.63) is 102 Å². The number of hydrogen-bond acceptors (Lipinski definition) is 2. The Labute approximate surface area is 142 Å². The first-order chi connectivity index (χ1) is 11.7. The Morgan fingerprint density at radius 1 is 0.833 bits per heavy atom. The van der Waals surface area contributed by atoms with Crippen LogP contribution >= 0.6 is 0 Å². The van der Waals surface area contributed by atoms with Crippen LogP contribution in [0.2, 0.25) is 0 Å². The molecule has 0 N–H and O–H groups in total. The van der Waals surface area contributed by atoms with Crippen molar-refractivity contribution in [1.82, 2.24) is 0 Å². The van der Waals surface area contributed by atoms with Gasteiger partial charge in [0.05, 0.1) is 0 Å². The van der Waals surface area contributed by atoms with E-state index in [0.29, 0.717) is 12.2 Å². The molecule has 3 rings (SSSR count). The molecule has 24 heavy (non-hydrogen) atoms. The number of rotatable bonds is 6. The van der Waals surface area contributed by atoms with Crippen LogP contribution < -0.4 is 4.74 Å². The van der Waals surface area contributed by atoms with Gasteiger partial charge in [-0.25, -0.2) is 0 Å². The molecule has 0 bridgehead atoms. The van der Waals surface area contributed by atoms with Gasteiger partial charge in [0.2, 0.25) is 0 Å². The Hall–Kier alpha value is -2.87. The minimum Gasteiger partial charge on any atom is -0.489 e. The van der Waals surface area contributed by atoms with Gasteiger partial charge < -0.3 is 4.74 Å². The maximum atomic E-state index is 12.6. The summed E-state index contributed by atoms with van der Waals surface area (Å²) in [6.07, 6.45) is 0. The maximum absolute atomic E-state index is 12.6. The predicted molar refractivity (Wildman–Crippen MR) is 96.4 cm³/mol. The molecule has 0 unspecified atom stereocenters. The van der Waals surface area contributed by atoms with Crippen LogP contribution in [0.15, 0.2) is 84.9 Å². The van der Waals surface area contributed by atoms with E-state index in [9.17, 15) is 4.79 Å². The van der Waals surface area contributed by atoms with E-state index in [1.54, 1.807) is 0 Å². The van der Waals surface area contributed by atoms with Crippen molar-refractivity contribution in [1.29, 1.82) is 0 Å². The molecule has 0 aliphatic carbocycles. The molecular weight excluding hydrogens is 296 g/mol. The third kappa shape index (κ3) is 3.90. The molecule has 2 nitrogen and oxygen atoms in total. The first-order valence-corrected chi connectivity index (χ1v) is 8.10. The van der Waals surface area contributed by atoms with E-state index in [1.165, 1.54) is 0 Å². The zero-order valence-electron chi connectivity index (χ0n) is 13.7. The highest BCUT2D eigenvalue weighted by Crippen LogP contribution is 2.22. The smallest absolute Gasteiger partial charge is 0.170 e. The lowest BCUT2D eigenvalue weighted by Gasteiger charge is -2.12. The first kappa shape index (κ1) is 16.0. The van der Waals surface area contributed by atoms with Gasteiger partial charge in [-0.3, -0.25) is 4.79 Å². The molecule has 0 saturated heterocycles. The van der Waals surface area contributed by atoms with Gasteiger partial charge >= 0.3 is 0 Å². The summed E-state index contributed by atoms with van der Waals surface area (Å²) in [7, 11) is 0. The van der Waals surface area contributed by atoms with Crippen molar-refractivity contribution >= 4 is 5.78 Å². The molecule has 2 heteroatoms. The first-order valence-electron chi connectivity index (χ1n) is 8.10. The lowest BCUT2D eigenvalue weighted by molar-refractivity contribution is 0.0966. The molecule has 120 valence electrons. The Morgan fingerprint density at radius 2 is 1.42 bits per heavy atom. The highest BCUT2D eigenvalue weighted by atomic mass is 16.5. The Bertz CT molecular complexity index is 777. The van der Waals surface area contributed by atoms with E-state index >= 15 is 0 Å². The van der Waals surface area contributed by atoms with E-state index < -0.39 is 0 Å². The zero-order valence-corrected chi connectivity index (χ0v) is 13.7. The molecule has 3 aromatic rings. The van der Waals surface area contributed by atoms with Gasteiger partial charge in [-0.1, -0.05) is 67.6 Å². The predicted octanol–water partition coefficient (Wildman–Crippen LogP) is 5.25. The average molecular weight is 316 g/mol. The lowest BCUT2D eigenvalue weighted by Crippen LogP contribution is -2.09. The molecule has 0 aliphatic heterocycles. The normalized spacial score (nSPS) is 11.7. The van der Waals surface area contributed by atoms with Gasteiger partial charge in [-0.2, -0.15) is 0 Å². The van der Waals surface area contributed by atoms with Crippen LogP contribution in [0.4, 0.5) is 0 Å². The van der Waals surface area contributed by atoms with Gasteiger partial charge in [0.1, 0.15) is 12.4 Å². The summed E-state index contributed by atoms with van der Waals surface area (Å²) < 4.78 is 5.76. The van der Waals surface area contributed by atoms with Crippen molar-refractivity contribution in [3.8, 4) is 5.75 Å². The summed E-state index contributed by atoms with van der Waals surface area (Å²) in [5, 5.41) is 0. The number of carbonyl (C=O) groups is 1. The number of Topliss-reactive ketones (excluding diaryl/α,β-unsaturated/α-hetero) is 1. The summed E-state index contributed by atoms with van der Waals surface area (Å²) in [5.74, 6) is 0.737. The Kier molecular flexibility index (Phi) is 5.07. The second-order valence-corrected chi connectivity index (χ2v) is 5.80. The van der Waals surface area contributed by atoms with Gasteiger partial charge in [0.15, 0.2) is 5.78 Å². The number of ether oxygens (including phenoxy) is 1. The van der Waals surface area contributed by atoms with Crippen molar-refractivity contribution in [2.24, 2.45) is 0 Å². The van der Waals surface area contributed by atoms with Crippen LogP contribution in [0.25, 0.3) is 0 Å². The van der Waals surface area contributed by atoms with Crippen molar-refractivity contribution in [3.63, 3.8) is 0 Å². The minimum atomic E-state index is -0.151. The summed E-state index contributed by atoms with van der Waals surface area (Å²) in [5.41, 5.74) is 2.86. The highest BCUT2D eigenvalue weighted by molar-refractivity contribution is 6.00. The minimum absolute atomic E-state index is 0.121. The molecule has 0 radical (unpaired) electrons. The maximum Gasteiger partial charge on any atom is 0.170 e. The van der Waals surface area contributed by atoms with E-state index in [0.717, 1.165) is 16.9 Å². The summed E-state index contributed by atoms with van der Waals surface area (Å²) >= 11 is 0. The fourth-order valence-electron chi connectivity index (χ4n) is 2.60. The van der Waals surface area contributed by atoms with E-state index in [1.807, 2.05) is 91.9 Å². The van der Waals surface area contributed by atoms with Crippen LogP contribution in [0.3, 0.4) is 0 Å². The van der Waals surface area contributed by atoms with Crippen molar-refractivity contribution in [2.45, 2.75) is 19.4 Å². The van der Waals surface area contributed by atoms with E-state index in [2.05, 4.69) is 0 Å². The van der Waals surface area contributed by atoms with E-state index in [4.69, 9.17) is 4.74 Å². The quantitative estimate of drug-likeness (QED) is 0.580. The van der Waals surface area contributed by atoms with Crippen LogP contribution in [0, 0.1) is 0 Å². The molecule has 0 heterocycles. The summed E-state index contributed by atoms with van der Waals surface area (Å²) in [4.78, 5) is 12.6. The molecule has 0 amide bonds. The molecule has 0 spiro atoms. The summed E-state index contributed by atoms with van der Waals surface area (Å²) in [6, 6.07) is 27.2. The SMILES string of the molecule is C[C@H](C(=O)c1ccc(OCc2ccccc2)cc1)c1ccccc1. The van der Waals surface area contributed by atoms with Gasteiger partial charge in [0, 0.05) is 11.5 Å². The number of ketones is 1. The molecule has 3 aromatic carbocycles. The fourth-order valence-corrected chi connectivity index (χ4v) is 2.60. The molecule has 0 aliphatic rings. The van der Waals surface area contributed by atoms with Crippen LogP contribution in [-0.4, -0.2) is 5.78 Å². The average Bonchev–Trinajstić information content (AvgIpc) is 2.67. The highest BCUT2D eigenvalue weighted by Gasteiger charge is 2.16. The standard InChI is InChI=1S/C22H20O2/c1-17(19-10-6-3-7-11-19)22(23)20-12-14-21(15-13-20)24-16-18-8-4-2-5-9-18/h2-15,17H,16H2,1H3/t17-/m0/s1. The van der Waals surface area contributed by atoms with Crippen LogP contribution in [0.5, 0.6) is 5.75 Å². The number of hydrogen-bond donors (Lipinski definition) is 0. The zero-order chi connectivity index (χ0) is 16.8. The molecule has 0 aromatic heterocycles. The van der Waals surface area contributed by atoms with Crippen molar-refractivity contribution in [2.75, 3.05) is 0 Å². The Balaban J connectivity index is 1.64. The fraction of sp³-hybridized carbons (Fsp3) is 0.136. The summed E-state index contributed by atoms with van der Waals surface area (Å²) in [6.45, 7) is 2.46. The second-order valence-electron chi connectivity index (χ2n) is 5.80. The molecule has 0 saturated carbocycles. The van der Waals surface area contributed by atoms with Crippen LogP contribution in [0.1, 0.15) is 34.3 Å². The third-order valence-corrected chi connectivity index (χ3v) is 4.08. The molecular formula is C22H20O2. The van der Waals surface area contributed by atoms with Gasteiger partial charge in [0.25, 0.3) is 0 Å².